The number of carboxylic acid groups (broad SMARTS) is 1. The minimum absolute atomic E-state index is 0.0509. The lowest BCUT2D eigenvalue weighted by molar-refractivity contribution is 0.0690. The Morgan fingerprint density at radius 1 is 1.38 bits per heavy atom. The number of amides is 1. The number of aromatic carboxylic acids is 1. The van der Waals surface area contributed by atoms with E-state index in [2.05, 4.69) is 4.98 Å². The number of imidazole rings is 1. The van der Waals surface area contributed by atoms with E-state index in [0.717, 1.165) is 0 Å². The summed E-state index contributed by atoms with van der Waals surface area (Å²) in [5.74, 6) is -1.09. The van der Waals surface area contributed by atoms with Crippen molar-refractivity contribution in [1.29, 1.82) is 0 Å². The number of rotatable bonds is 2. The fourth-order valence-electron chi connectivity index (χ4n) is 2.33. The van der Waals surface area contributed by atoms with Crippen molar-refractivity contribution in [2.45, 2.75) is 0 Å². The highest BCUT2D eigenvalue weighted by molar-refractivity contribution is 6.07. The fraction of sp³-hybridized carbons (Fsp3) is 0.214. The zero-order valence-electron chi connectivity index (χ0n) is 11.3. The highest BCUT2D eigenvalue weighted by Crippen LogP contribution is 2.35. The van der Waals surface area contributed by atoms with Gasteiger partial charge in [-0.2, -0.15) is 0 Å². The largest absolute Gasteiger partial charge is 0.489 e. The number of hydrogen-bond acceptors (Lipinski definition) is 4. The van der Waals surface area contributed by atoms with E-state index in [-0.39, 0.29) is 23.8 Å². The van der Waals surface area contributed by atoms with Gasteiger partial charge in [-0.3, -0.25) is 4.79 Å². The van der Waals surface area contributed by atoms with E-state index in [1.54, 1.807) is 30.1 Å². The number of carbonyl (C=O) groups is 2. The first-order valence-corrected chi connectivity index (χ1v) is 6.37. The molecule has 7 nitrogen and oxygen atoms in total. The second-order valence-electron chi connectivity index (χ2n) is 4.65. The van der Waals surface area contributed by atoms with Gasteiger partial charge in [0.05, 0.1) is 24.8 Å². The van der Waals surface area contributed by atoms with Gasteiger partial charge in [-0.15, -0.1) is 0 Å². The molecule has 2 heterocycles. The molecule has 2 aromatic rings. The van der Waals surface area contributed by atoms with Crippen molar-refractivity contribution in [3.05, 3.63) is 42.0 Å². The lowest BCUT2D eigenvalue weighted by Crippen LogP contribution is -2.39. The SMILES string of the molecule is Cn1cncc1C(=O)N1CCOc2c(C(=O)O)cccc21. The van der Waals surface area contributed by atoms with Crippen LogP contribution in [0, 0.1) is 0 Å². The van der Waals surface area contributed by atoms with Crippen LogP contribution in [0.1, 0.15) is 20.8 Å². The molecule has 1 N–H and O–H groups in total. The average Bonchev–Trinajstić information content (AvgIpc) is 2.91. The van der Waals surface area contributed by atoms with E-state index >= 15 is 0 Å². The first kappa shape index (κ1) is 13.2. The Bertz CT molecular complexity index is 723. The fourth-order valence-corrected chi connectivity index (χ4v) is 2.33. The third-order valence-electron chi connectivity index (χ3n) is 3.36. The Hall–Kier alpha value is -2.83. The third-order valence-corrected chi connectivity index (χ3v) is 3.36. The highest BCUT2D eigenvalue weighted by atomic mass is 16.5. The van der Waals surface area contributed by atoms with Crippen LogP contribution in [0.5, 0.6) is 5.75 Å². The van der Waals surface area contributed by atoms with Crippen molar-refractivity contribution in [2.75, 3.05) is 18.1 Å². The summed E-state index contributed by atoms with van der Waals surface area (Å²) >= 11 is 0. The van der Waals surface area contributed by atoms with Gasteiger partial charge in [0.2, 0.25) is 0 Å². The van der Waals surface area contributed by atoms with Crippen molar-refractivity contribution in [1.82, 2.24) is 9.55 Å². The number of benzene rings is 1. The molecule has 1 aromatic heterocycles. The number of fused-ring (bicyclic) bond motifs is 1. The summed E-state index contributed by atoms with van der Waals surface area (Å²) in [6, 6.07) is 4.73. The minimum Gasteiger partial charge on any atom is -0.489 e. The molecule has 7 heteroatoms. The van der Waals surface area contributed by atoms with E-state index in [1.807, 2.05) is 0 Å². The van der Waals surface area contributed by atoms with Crippen LogP contribution >= 0.6 is 0 Å². The average molecular weight is 287 g/mol. The summed E-state index contributed by atoms with van der Waals surface area (Å²) in [7, 11) is 1.73. The molecule has 3 rings (SSSR count). The zero-order chi connectivity index (χ0) is 15.0. The Morgan fingerprint density at radius 2 is 2.19 bits per heavy atom. The van der Waals surface area contributed by atoms with Gasteiger partial charge in [0.25, 0.3) is 5.91 Å². The van der Waals surface area contributed by atoms with Crippen LogP contribution in [-0.4, -0.2) is 39.7 Å². The molecule has 0 radical (unpaired) electrons. The summed E-state index contributed by atoms with van der Waals surface area (Å²) in [4.78, 5) is 29.3. The molecule has 0 atom stereocenters. The lowest BCUT2D eigenvalue weighted by atomic mass is 10.1. The smallest absolute Gasteiger partial charge is 0.339 e. The molecule has 0 saturated heterocycles. The van der Waals surface area contributed by atoms with Crippen LogP contribution in [0.4, 0.5) is 5.69 Å². The van der Waals surface area contributed by atoms with Gasteiger partial charge in [0.1, 0.15) is 17.9 Å². The number of nitrogens with zero attached hydrogens (tertiary/aromatic N) is 3. The second-order valence-corrected chi connectivity index (χ2v) is 4.65. The molecule has 0 bridgehead atoms. The van der Waals surface area contributed by atoms with Gasteiger partial charge < -0.3 is 19.3 Å². The van der Waals surface area contributed by atoms with Crippen LogP contribution < -0.4 is 9.64 Å². The number of ether oxygens (including phenoxy) is 1. The Kier molecular flexibility index (Phi) is 3.09. The molecule has 1 aromatic carbocycles. The molecular formula is C14H13N3O4. The van der Waals surface area contributed by atoms with Gasteiger partial charge in [-0.25, -0.2) is 9.78 Å². The summed E-state index contributed by atoms with van der Waals surface area (Å²) < 4.78 is 7.07. The van der Waals surface area contributed by atoms with Crippen LogP contribution in [0.25, 0.3) is 0 Å². The van der Waals surface area contributed by atoms with E-state index in [9.17, 15) is 14.7 Å². The molecule has 21 heavy (non-hydrogen) atoms. The summed E-state index contributed by atoms with van der Waals surface area (Å²) in [5.41, 5.74) is 0.950. The van der Waals surface area contributed by atoms with Gasteiger partial charge in [0, 0.05) is 7.05 Å². The van der Waals surface area contributed by atoms with Crippen molar-refractivity contribution in [2.24, 2.45) is 7.05 Å². The number of aryl methyl sites for hydroxylation is 1. The van der Waals surface area contributed by atoms with E-state index in [0.29, 0.717) is 17.9 Å². The summed E-state index contributed by atoms with van der Waals surface area (Å²) in [5, 5.41) is 9.20. The molecular weight excluding hydrogens is 274 g/mol. The summed E-state index contributed by atoms with van der Waals surface area (Å²) in [6.45, 7) is 0.612. The Morgan fingerprint density at radius 3 is 2.86 bits per heavy atom. The molecule has 0 fully saturated rings. The normalized spacial score (nSPS) is 13.5. The third kappa shape index (κ3) is 2.12. The van der Waals surface area contributed by atoms with Gasteiger partial charge in [0.15, 0.2) is 5.75 Å². The number of para-hydroxylation sites is 1. The topological polar surface area (TPSA) is 84.7 Å². The molecule has 108 valence electrons. The van der Waals surface area contributed by atoms with E-state index in [1.165, 1.54) is 17.2 Å². The van der Waals surface area contributed by atoms with E-state index in [4.69, 9.17) is 4.74 Å². The van der Waals surface area contributed by atoms with Gasteiger partial charge in [-0.05, 0) is 12.1 Å². The van der Waals surface area contributed by atoms with Crippen LogP contribution in [0.3, 0.4) is 0 Å². The Labute approximate surface area is 120 Å². The quantitative estimate of drug-likeness (QED) is 0.895. The van der Waals surface area contributed by atoms with Crippen molar-refractivity contribution < 1.29 is 19.4 Å². The van der Waals surface area contributed by atoms with Crippen molar-refractivity contribution in [3.63, 3.8) is 0 Å². The molecule has 0 aliphatic carbocycles. The first-order chi connectivity index (χ1) is 10.1. The second kappa shape index (κ2) is 4.93. The summed E-state index contributed by atoms with van der Waals surface area (Å²) in [6.07, 6.45) is 3.03. The van der Waals surface area contributed by atoms with Crippen LogP contribution in [0.2, 0.25) is 0 Å². The standard InChI is InChI=1S/C14H13N3O4/c1-16-8-15-7-11(16)13(18)17-5-6-21-12-9(14(19)20)3-2-4-10(12)17/h2-4,7-8H,5-6H2,1H3,(H,19,20). The minimum atomic E-state index is -1.08. The number of carbonyl (C=O) groups excluding carboxylic acids is 1. The first-order valence-electron chi connectivity index (χ1n) is 6.37. The molecule has 0 spiro atoms. The molecule has 1 amide bonds. The maximum absolute atomic E-state index is 12.6. The molecule has 0 unspecified atom stereocenters. The Balaban J connectivity index is 2.05. The molecule has 1 aliphatic rings. The maximum atomic E-state index is 12.6. The predicted molar refractivity (Wildman–Crippen MR) is 73.8 cm³/mol. The van der Waals surface area contributed by atoms with Crippen molar-refractivity contribution in [3.8, 4) is 5.75 Å². The number of hydrogen-bond donors (Lipinski definition) is 1. The van der Waals surface area contributed by atoms with Crippen LogP contribution in [-0.2, 0) is 7.05 Å². The molecule has 1 aliphatic heterocycles. The van der Waals surface area contributed by atoms with Crippen molar-refractivity contribution >= 4 is 17.6 Å². The number of carboxylic acids is 1. The monoisotopic (exact) mass is 287 g/mol. The van der Waals surface area contributed by atoms with Gasteiger partial charge >= 0.3 is 5.97 Å². The lowest BCUT2D eigenvalue weighted by Gasteiger charge is -2.30. The predicted octanol–water partition coefficient (Wildman–Crippen LogP) is 1.16. The maximum Gasteiger partial charge on any atom is 0.339 e. The van der Waals surface area contributed by atoms with Gasteiger partial charge in [-0.1, -0.05) is 6.07 Å². The van der Waals surface area contributed by atoms with E-state index < -0.39 is 5.97 Å². The molecule has 0 saturated carbocycles. The van der Waals surface area contributed by atoms with Crippen LogP contribution in [0.15, 0.2) is 30.7 Å². The number of anilines is 1. The zero-order valence-corrected chi connectivity index (χ0v) is 11.3. The number of aromatic nitrogens is 2. The highest BCUT2D eigenvalue weighted by Gasteiger charge is 2.29.